The lowest BCUT2D eigenvalue weighted by Crippen LogP contribution is -2.65. The molecule has 41 heavy (non-hydrogen) atoms. The van der Waals surface area contributed by atoms with Gasteiger partial charge in [0.1, 0.15) is 5.69 Å². The van der Waals surface area contributed by atoms with Gasteiger partial charge in [-0.3, -0.25) is 20.2 Å². The van der Waals surface area contributed by atoms with E-state index in [0.717, 1.165) is 14.1 Å². The number of hydrogen-bond donors (Lipinski definition) is 0. The van der Waals surface area contributed by atoms with E-state index in [2.05, 4.69) is 9.47 Å². The van der Waals surface area contributed by atoms with Crippen molar-refractivity contribution in [2.24, 2.45) is 0 Å². The normalized spacial score (nSPS) is 12.7. The summed E-state index contributed by atoms with van der Waals surface area (Å²) < 4.78 is 177. The third kappa shape index (κ3) is 5.82. The van der Waals surface area contributed by atoms with Gasteiger partial charge in [0.25, 0.3) is 5.69 Å². The summed E-state index contributed by atoms with van der Waals surface area (Å²) in [6.07, 6.45) is 0. The van der Waals surface area contributed by atoms with Gasteiger partial charge < -0.3 is 14.4 Å². The van der Waals surface area contributed by atoms with Crippen LogP contribution >= 0.6 is 0 Å². The van der Waals surface area contributed by atoms with Crippen molar-refractivity contribution in [1.82, 2.24) is 0 Å². The maximum atomic E-state index is 14.1. The van der Waals surface area contributed by atoms with Gasteiger partial charge in [0, 0.05) is 20.2 Å². The van der Waals surface area contributed by atoms with E-state index in [1.54, 1.807) is 0 Å². The summed E-state index contributed by atoms with van der Waals surface area (Å²) >= 11 is 0. The van der Waals surface area contributed by atoms with Gasteiger partial charge in [-0.25, -0.2) is 8.78 Å². The minimum absolute atomic E-state index is 0.126. The predicted octanol–water partition coefficient (Wildman–Crippen LogP) is 6.12. The Morgan fingerprint density at radius 2 is 1.17 bits per heavy atom. The molecule has 0 heterocycles. The Hall–Kier alpha value is -4.20. The van der Waals surface area contributed by atoms with Crippen LogP contribution in [-0.4, -0.2) is 60.8 Å². The maximum absolute atomic E-state index is 14.1. The van der Waals surface area contributed by atoms with Crippen LogP contribution in [0, 0.1) is 43.5 Å². The molecule has 0 aliphatic rings. The van der Waals surface area contributed by atoms with E-state index in [-0.39, 0.29) is 12.1 Å². The summed E-state index contributed by atoms with van der Waals surface area (Å²) in [5.41, 5.74) is -3.88. The Balaban J connectivity index is 2.35. The van der Waals surface area contributed by atoms with E-state index in [1.807, 2.05) is 0 Å². The highest BCUT2D eigenvalue weighted by molar-refractivity contribution is 5.54. The molecule has 0 saturated carbocycles. The molecule has 0 fully saturated rings. The van der Waals surface area contributed by atoms with Crippen LogP contribution in [0.4, 0.5) is 69.7 Å². The lowest BCUT2D eigenvalue weighted by molar-refractivity contribution is -0.395. The number of benzene rings is 2. The number of hydrogen-bond acceptors (Lipinski definition) is 7. The number of alkyl halides is 8. The van der Waals surface area contributed by atoms with Crippen LogP contribution in [0.2, 0.25) is 0 Å². The third-order valence-corrected chi connectivity index (χ3v) is 5.12. The van der Waals surface area contributed by atoms with Gasteiger partial charge in [-0.1, -0.05) is 0 Å². The van der Waals surface area contributed by atoms with Gasteiger partial charge in [-0.05, 0) is 6.07 Å². The van der Waals surface area contributed by atoms with Crippen molar-refractivity contribution in [3.05, 3.63) is 61.7 Å². The molecule has 2 rings (SSSR count). The molecule has 0 radical (unpaired) electrons. The maximum Gasteiger partial charge on any atom is 0.381 e. The molecule has 0 saturated heterocycles. The van der Waals surface area contributed by atoms with Crippen molar-refractivity contribution in [2.75, 3.05) is 32.2 Å². The van der Waals surface area contributed by atoms with E-state index < -0.39 is 98.6 Å². The molecule has 0 amide bonds. The van der Waals surface area contributed by atoms with Crippen LogP contribution in [0.5, 0.6) is 11.5 Å². The second-order valence-electron chi connectivity index (χ2n) is 8.13. The van der Waals surface area contributed by atoms with Gasteiger partial charge in [0.15, 0.2) is 36.3 Å². The number of nitro groups is 2. The molecular formula is C20H13F12N3O6. The lowest BCUT2D eigenvalue weighted by atomic mass is 9.99. The van der Waals surface area contributed by atoms with E-state index >= 15 is 0 Å². The van der Waals surface area contributed by atoms with Crippen LogP contribution < -0.4 is 14.4 Å². The second-order valence-corrected chi connectivity index (χ2v) is 8.13. The molecule has 2 aromatic rings. The zero-order valence-electron chi connectivity index (χ0n) is 20.0. The van der Waals surface area contributed by atoms with Crippen LogP contribution in [0.25, 0.3) is 0 Å². The molecule has 21 heteroatoms. The number of nitro benzene ring substituents is 2. The standard InChI is InChI=1S/C20H13F12N3O6/c1-33(2)15-11(21)13(23)16(14(24)12(15)22)41-7-18(27,28)20(31,32)19(29,30)17(25,26)6-40-10-4-3-8(34(36)37)5-9(10)35(38)39/h3-5H,6-7H2,1-2H3. The quantitative estimate of drug-likeness (QED) is 0.122. The molecule has 0 bridgehead atoms. The number of non-ortho nitro benzene ring substituents is 1. The molecule has 9 nitrogen and oxygen atoms in total. The second kappa shape index (κ2) is 11.0. The van der Waals surface area contributed by atoms with E-state index in [0.29, 0.717) is 11.0 Å². The smallest absolute Gasteiger partial charge is 0.381 e. The Bertz CT molecular complexity index is 1330. The van der Waals surface area contributed by atoms with Crippen molar-refractivity contribution < 1.29 is 72.0 Å². The monoisotopic (exact) mass is 619 g/mol. The minimum Gasteiger partial charge on any atom is -0.481 e. The Labute approximate surface area is 219 Å². The van der Waals surface area contributed by atoms with Crippen LogP contribution in [0.3, 0.4) is 0 Å². The van der Waals surface area contributed by atoms with Gasteiger partial charge in [-0.15, -0.1) is 0 Å². The van der Waals surface area contributed by atoms with Gasteiger partial charge in [0.05, 0.1) is 15.9 Å². The van der Waals surface area contributed by atoms with Crippen molar-refractivity contribution in [3.8, 4) is 11.5 Å². The number of ether oxygens (including phenoxy) is 2. The van der Waals surface area contributed by atoms with Gasteiger partial charge >= 0.3 is 29.4 Å². The first-order chi connectivity index (χ1) is 18.5. The lowest BCUT2D eigenvalue weighted by Gasteiger charge is -2.36. The molecule has 0 N–H and O–H groups in total. The third-order valence-electron chi connectivity index (χ3n) is 5.12. The van der Waals surface area contributed by atoms with Crippen LogP contribution in [-0.2, 0) is 0 Å². The summed E-state index contributed by atoms with van der Waals surface area (Å²) in [4.78, 5) is 19.5. The summed E-state index contributed by atoms with van der Waals surface area (Å²) in [6, 6.07) is 0.794. The average Bonchev–Trinajstić information content (AvgIpc) is 2.85. The SMILES string of the molecule is CN(C)c1c(F)c(F)c(OCC(F)(F)C(F)(F)C(F)(F)C(F)(F)COc2ccc([N+](=O)[O-])cc2[N+](=O)[O-])c(F)c1F. The molecule has 0 atom stereocenters. The molecule has 2 aromatic carbocycles. The zero-order valence-corrected chi connectivity index (χ0v) is 20.0. The zero-order chi connectivity index (χ0) is 31.9. The number of nitrogens with zero attached hydrogens (tertiary/aromatic N) is 3. The largest absolute Gasteiger partial charge is 0.481 e. The Morgan fingerprint density at radius 1 is 0.732 bits per heavy atom. The van der Waals surface area contributed by atoms with Gasteiger partial charge in [-0.2, -0.15) is 43.9 Å². The highest BCUT2D eigenvalue weighted by Crippen LogP contribution is 2.53. The minimum atomic E-state index is -7.14. The van der Waals surface area contributed by atoms with Crippen LogP contribution in [0.1, 0.15) is 0 Å². The Morgan fingerprint density at radius 3 is 1.56 bits per heavy atom. The number of anilines is 1. The summed E-state index contributed by atoms with van der Waals surface area (Å²) in [7, 11) is 1.75. The first-order valence-electron chi connectivity index (χ1n) is 10.2. The van der Waals surface area contributed by atoms with Crippen molar-refractivity contribution in [2.45, 2.75) is 23.7 Å². The molecule has 0 aliphatic heterocycles. The number of rotatable bonds is 12. The van der Waals surface area contributed by atoms with Crippen molar-refractivity contribution in [3.63, 3.8) is 0 Å². The summed E-state index contributed by atoms with van der Waals surface area (Å²) in [5.74, 6) is -40.4. The summed E-state index contributed by atoms with van der Waals surface area (Å²) in [6.45, 7) is -6.15. The molecular weight excluding hydrogens is 606 g/mol. The first kappa shape index (κ1) is 33.0. The first-order valence-corrected chi connectivity index (χ1v) is 10.2. The van der Waals surface area contributed by atoms with Crippen molar-refractivity contribution in [1.29, 1.82) is 0 Å². The average molecular weight is 619 g/mol. The highest BCUT2D eigenvalue weighted by Gasteiger charge is 2.81. The van der Waals surface area contributed by atoms with Crippen LogP contribution in [0.15, 0.2) is 18.2 Å². The fraction of sp³-hybridized carbons (Fsp3) is 0.400. The van der Waals surface area contributed by atoms with Gasteiger partial charge in [0.2, 0.25) is 11.6 Å². The van der Waals surface area contributed by atoms with E-state index in [1.165, 1.54) is 0 Å². The van der Waals surface area contributed by atoms with E-state index in [4.69, 9.17) is 0 Å². The molecule has 0 unspecified atom stereocenters. The molecule has 228 valence electrons. The fourth-order valence-corrected chi connectivity index (χ4v) is 2.98. The highest BCUT2D eigenvalue weighted by atomic mass is 19.4. The predicted molar refractivity (Wildman–Crippen MR) is 111 cm³/mol. The van der Waals surface area contributed by atoms with E-state index in [9.17, 15) is 72.9 Å². The number of halogens is 12. The molecule has 0 aromatic heterocycles. The molecule has 0 spiro atoms. The summed E-state index contributed by atoms with van der Waals surface area (Å²) in [5, 5.41) is 21.6. The fourth-order valence-electron chi connectivity index (χ4n) is 2.98. The van der Waals surface area contributed by atoms with Crippen molar-refractivity contribution >= 4 is 17.1 Å². The topological polar surface area (TPSA) is 108 Å². The Kier molecular flexibility index (Phi) is 8.85. The molecule has 0 aliphatic carbocycles.